The van der Waals surface area contributed by atoms with Crippen LogP contribution in [0.15, 0.2) is 17.5 Å². The molecule has 0 aromatic carbocycles. The van der Waals surface area contributed by atoms with E-state index in [2.05, 4.69) is 27.8 Å². The third-order valence-electron chi connectivity index (χ3n) is 4.05. The van der Waals surface area contributed by atoms with Crippen molar-refractivity contribution in [3.63, 3.8) is 0 Å². The Labute approximate surface area is 138 Å². The molecule has 2 aromatic rings. The molecule has 0 aliphatic heterocycles. The van der Waals surface area contributed by atoms with Crippen LogP contribution in [0.2, 0.25) is 0 Å². The summed E-state index contributed by atoms with van der Waals surface area (Å²) in [5.41, 5.74) is 2.07. The first-order chi connectivity index (χ1) is 11.0. The number of carbonyl (C=O) groups excluding carboxylic acids is 2. The standard InChI is InChI=1S/C16H20N4O2S/c1-9-4-6-23-15(9)12-8-13(20-19-12)18-14(21)3-5-17-16(22)11-7-10(11)2/h4,6,8,10-11H,3,5,7H2,1-2H3,(H,17,22)(H2,18,19,20,21)/t10-,11+/m1/s1. The summed E-state index contributed by atoms with van der Waals surface area (Å²) >= 11 is 1.63. The molecule has 1 saturated carbocycles. The van der Waals surface area contributed by atoms with E-state index in [1.54, 1.807) is 11.3 Å². The molecule has 3 N–H and O–H groups in total. The molecular formula is C16H20N4O2S. The van der Waals surface area contributed by atoms with Crippen LogP contribution in [0.4, 0.5) is 5.82 Å². The summed E-state index contributed by atoms with van der Waals surface area (Å²) < 4.78 is 0. The van der Waals surface area contributed by atoms with Crippen LogP contribution >= 0.6 is 11.3 Å². The van der Waals surface area contributed by atoms with Crippen molar-refractivity contribution < 1.29 is 9.59 Å². The Morgan fingerprint density at radius 2 is 2.26 bits per heavy atom. The highest BCUT2D eigenvalue weighted by Gasteiger charge is 2.38. The van der Waals surface area contributed by atoms with Gasteiger partial charge in [-0.1, -0.05) is 6.92 Å². The maximum atomic E-state index is 11.9. The van der Waals surface area contributed by atoms with Crippen molar-refractivity contribution in [2.24, 2.45) is 11.8 Å². The number of rotatable bonds is 6. The van der Waals surface area contributed by atoms with Crippen molar-refractivity contribution in [1.82, 2.24) is 15.5 Å². The first-order valence-electron chi connectivity index (χ1n) is 7.72. The molecule has 0 bridgehead atoms. The topological polar surface area (TPSA) is 86.9 Å². The number of aryl methyl sites for hydroxylation is 1. The molecule has 1 aliphatic rings. The highest BCUT2D eigenvalue weighted by molar-refractivity contribution is 7.13. The Morgan fingerprint density at radius 1 is 1.48 bits per heavy atom. The zero-order valence-electron chi connectivity index (χ0n) is 13.2. The van der Waals surface area contributed by atoms with Gasteiger partial charge < -0.3 is 10.6 Å². The van der Waals surface area contributed by atoms with Gasteiger partial charge in [0.1, 0.15) is 0 Å². The zero-order valence-corrected chi connectivity index (χ0v) is 14.0. The second kappa shape index (κ2) is 6.54. The van der Waals surface area contributed by atoms with E-state index in [9.17, 15) is 9.59 Å². The molecular weight excluding hydrogens is 312 g/mol. The molecule has 23 heavy (non-hydrogen) atoms. The second-order valence-electron chi connectivity index (χ2n) is 6.01. The van der Waals surface area contributed by atoms with Crippen LogP contribution < -0.4 is 10.6 Å². The summed E-state index contributed by atoms with van der Waals surface area (Å²) in [7, 11) is 0. The minimum Gasteiger partial charge on any atom is -0.355 e. The maximum absolute atomic E-state index is 11.9. The Hall–Kier alpha value is -2.15. The molecule has 2 atom stereocenters. The fourth-order valence-electron chi connectivity index (χ4n) is 2.47. The molecule has 0 spiro atoms. The van der Waals surface area contributed by atoms with Gasteiger partial charge in [-0.3, -0.25) is 14.7 Å². The fourth-order valence-corrected chi connectivity index (χ4v) is 3.37. The normalized spacial score (nSPS) is 19.4. The largest absolute Gasteiger partial charge is 0.355 e. The molecule has 2 aromatic heterocycles. The zero-order chi connectivity index (χ0) is 16.4. The van der Waals surface area contributed by atoms with E-state index in [1.165, 1.54) is 5.56 Å². The number of hydrogen-bond acceptors (Lipinski definition) is 4. The summed E-state index contributed by atoms with van der Waals surface area (Å²) in [6.07, 6.45) is 1.20. The quantitative estimate of drug-likeness (QED) is 0.760. The Balaban J connectivity index is 1.46. The molecule has 2 amide bonds. The maximum Gasteiger partial charge on any atom is 0.227 e. The van der Waals surface area contributed by atoms with Gasteiger partial charge in [0.25, 0.3) is 0 Å². The third kappa shape index (κ3) is 3.79. The van der Waals surface area contributed by atoms with Gasteiger partial charge in [-0.05, 0) is 36.3 Å². The lowest BCUT2D eigenvalue weighted by molar-refractivity contribution is -0.122. The third-order valence-corrected chi connectivity index (χ3v) is 5.10. The van der Waals surface area contributed by atoms with Gasteiger partial charge >= 0.3 is 0 Å². The molecule has 1 fully saturated rings. The minimum atomic E-state index is -0.157. The molecule has 122 valence electrons. The highest BCUT2D eigenvalue weighted by atomic mass is 32.1. The van der Waals surface area contributed by atoms with Gasteiger partial charge in [0.05, 0.1) is 10.6 Å². The van der Waals surface area contributed by atoms with E-state index in [0.29, 0.717) is 18.3 Å². The number of hydrogen-bond donors (Lipinski definition) is 3. The summed E-state index contributed by atoms with van der Waals surface area (Å²) in [6.45, 7) is 4.45. The molecule has 6 nitrogen and oxygen atoms in total. The SMILES string of the molecule is Cc1ccsc1-c1cc(NC(=O)CCNC(=O)[C@H]2C[C@H]2C)n[nH]1. The van der Waals surface area contributed by atoms with Crippen molar-refractivity contribution >= 4 is 29.0 Å². The van der Waals surface area contributed by atoms with Crippen LogP contribution in [0.25, 0.3) is 10.6 Å². The van der Waals surface area contributed by atoms with Crippen LogP contribution in [0.3, 0.4) is 0 Å². The minimum absolute atomic E-state index is 0.0560. The van der Waals surface area contributed by atoms with Crippen molar-refractivity contribution in [1.29, 1.82) is 0 Å². The van der Waals surface area contributed by atoms with Crippen molar-refractivity contribution in [3.8, 4) is 10.6 Å². The molecule has 3 rings (SSSR count). The van der Waals surface area contributed by atoms with Crippen LogP contribution in [-0.4, -0.2) is 28.6 Å². The number of carbonyl (C=O) groups is 2. The highest BCUT2D eigenvalue weighted by Crippen LogP contribution is 2.37. The van der Waals surface area contributed by atoms with Gasteiger partial charge in [0.15, 0.2) is 5.82 Å². The summed E-state index contributed by atoms with van der Waals surface area (Å²) in [5.74, 6) is 1.02. The monoisotopic (exact) mass is 332 g/mol. The molecule has 0 saturated heterocycles. The van der Waals surface area contributed by atoms with E-state index >= 15 is 0 Å². The predicted molar refractivity (Wildman–Crippen MR) is 90.2 cm³/mol. The summed E-state index contributed by atoms with van der Waals surface area (Å²) in [6, 6.07) is 3.86. The van der Waals surface area contributed by atoms with Crippen molar-refractivity contribution in [2.75, 3.05) is 11.9 Å². The van der Waals surface area contributed by atoms with Crippen molar-refractivity contribution in [2.45, 2.75) is 26.7 Å². The summed E-state index contributed by atoms with van der Waals surface area (Å²) in [5, 5.41) is 14.6. The molecule has 2 heterocycles. The average Bonchev–Trinajstić information content (AvgIpc) is 2.88. The number of amides is 2. The first kappa shape index (κ1) is 15.7. The Kier molecular flexibility index (Phi) is 4.47. The number of H-pyrrole nitrogens is 1. The van der Waals surface area contributed by atoms with E-state index in [1.807, 2.05) is 24.4 Å². The van der Waals surface area contributed by atoms with E-state index < -0.39 is 0 Å². The van der Waals surface area contributed by atoms with Crippen LogP contribution in [-0.2, 0) is 9.59 Å². The lowest BCUT2D eigenvalue weighted by Gasteiger charge is -2.04. The van der Waals surface area contributed by atoms with Gasteiger partial charge in [-0.15, -0.1) is 11.3 Å². The average molecular weight is 332 g/mol. The molecule has 0 radical (unpaired) electrons. The van der Waals surface area contributed by atoms with Crippen LogP contribution in [0.5, 0.6) is 0 Å². The number of nitrogens with zero attached hydrogens (tertiary/aromatic N) is 1. The summed E-state index contributed by atoms with van der Waals surface area (Å²) in [4.78, 5) is 24.7. The number of aromatic nitrogens is 2. The van der Waals surface area contributed by atoms with Gasteiger partial charge in [-0.25, -0.2) is 0 Å². The predicted octanol–water partition coefficient (Wildman–Crippen LogP) is 2.55. The van der Waals surface area contributed by atoms with Crippen LogP contribution in [0.1, 0.15) is 25.3 Å². The first-order valence-corrected chi connectivity index (χ1v) is 8.60. The molecule has 0 unspecified atom stereocenters. The van der Waals surface area contributed by atoms with E-state index in [4.69, 9.17) is 0 Å². The van der Waals surface area contributed by atoms with Gasteiger partial charge in [0.2, 0.25) is 11.8 Å². The van der Waals surface area contributed by atoms with E-state index in [0.717, 1.165) is 17.0 Å². The lowest BCUT2D eigenvalue weighted by atomic mass is 10.2. The van der Waals surface area contributed by atoms with Crippen molar-refractivity contribution in [3.05, 3.63) is 23.1 Å². The number of aromatic amines is 1. The Bertz CT molecular complexity index is 721. The number of anilines is 1. The smallest absolute Gasteiger partial charge is 0.227 e. The number of nitrogens with one attached hydrogen (secondary N) is 3. The second-order valence-corrected chi connectivity index (χ2v) is 6.92. The lowest BCUT2D eigenvalue weighted by Crippen LogP contribution is -2.29. The fraction of sp³-hybridized carbons (Fsp3) is 0.438. The van der Waals surface area contributed by atoms with E-state index in [-0.39, 0.29) is 24.2 Å². The molecule has 7 heteroatoms. The number of thiophene rings is 1. The Morgan fingerprint density at radius 3 is 2.91 bits per heavy atom. The van der Waals surface area contributed by atoms with Gasteiger partial charge in [0, 0.05) is 24.9 Å². The van der Waals surface area contributed by atoms with Crippen LogP contribution in [0, 0.1) is 18.8 Å². The molecule has 1 aliphatic carbocycles. The van der Waals surface area contributed by atoms with Gasteiger partial charge in [-0.2, -0.15) is 5.10 Å².